The van der Waals surface area contributed by atoms with Gasteiger partial charge in [0.05, 0.1) is 17.7 Å². The normalized spacial score (nSPS) is 16.8. The highest BCUT2D eigenvalue weighted by molar-refractivity contribution is 5.52. The number of piperidine rings is 1. The van der Waals surface area contributed by atoms with E-state index in [0.29, 0.717) is 11.3 Å². The molecule has 1 atom stereocenters. The first-order chi connectivity index (χ1) is 14.0. The maximum absolute atomic E-state index is 11.2. The molecule has 2 aromatic carbocycles. The number of hydrogen-bond donors (Lipinski definition) is 1. The van der Waals surface area contributed by atoms with Crippen LogP contribution in [0.25, 0.3) is 0 Å². The van der Waals surface area contributed by atoms with Gasteiger partial charge in [-0.1, -0.05) is 60.1 Å². The Balaban J connectivity index is 2.22. The van der Waals surface area contributed by atoms with Crippen molar-refractivity contribution < 1.29 is 5.11 Å². The lowest BCUT2D eigenvalue weighted by Gasteiger charge is -2.37. The average Bonchev–Trinajstić information content (AvgIpc) is 2.69. The maximum atomic E-state index is 11.2. The quantitative estimate of drug-likeness (QED) is 0.641. The van der Waals surface area contributed by atoms with Crippen molar-refractivity contribution in [3.8, 4) is 11.8 Å². The molecule has 1 aliphatic heterocycles. The SMILES string of the molecule is CC(C)(C)c1cc(C(c2ccc(C#N)cc2)N2CCCCC2)cc(C(C)(C)C)c1O. The van der Waals surface area contributed by atoms with Crippen LogP contribution in [0.2, 0.25) is 0 Å². The van der Waals surface area contributed by atoms with Crippen LogP contribution in [0.1, 0.15) is 94.7 Å². The molecule has 0 saturated carbocycles. The standard InChI is InChI=1S/C27H36N2O/c1-26(2,3)22-16-21(17-23(25(22)30)27(4,5)6)24(29-14-8-7-9-15-29)20-12-10-19(18-28)11-13-20/h10-13,16-17,24,30H,7-9,14-15H2,1-6H3. The second kappa shape index (κ2) is 8.44. The fourth-order valence-electron chi connectivity index (χ4n) is 4.49. The van der Waals surface area contributed by atoms with E-state index >= 15 is 0 Å². The number of hydrogen-bond acceptors (Lipinski definition) is 3. The number of benzene rings is 2. The molecule has 1 unspecified atom stereocenters. The summed E-state index contributed by atoms with van der Waals surface area (Å²) in [4.78, 5) is 2.57. The second-order valence-electron chi connectivity index (χ2n) is 10.7. The molecule has 1 heterocycles. The Bertz CT molecular complexity index is 882. The van der Waals surface area contributed by atoms with Crippen LogP contribution in [0, 0.1) is 11.3 Å². The van der Waals surface area contributed by atoms with E-state index in [1.54, 1.807) is 0 Å². The van der Waals surface area contributed by atoms with Crippen LogP contribution in [0.4, 0.5) is 0 Å². The third kappa shape index (κ3) is 4.71. The average molecular weight is 405 g/mol. The summed E-state index contributed by atoms with van der Waals surface area (Å²) < 4.78 is 0. The van der Waals surface area contributed by atoms with Gasteiger partial charge in [0.1, 0.15) is 5.75 Å². The molecule has 3 nitrogen and oxygen atoms in total. The van der Waals surface area contributed by atoms with Crippen molar-refractivity contribution in [3.63, 3.8) is 0 Å². The number of phenolic OH excluding ortho intramolecular Hbond substituents is 1. The molecule has 0 aliphatic carbocycles. The number of nitriles is 1. The van der Waals surface area contributed by atoms with Crippen molar-refractivity contribution in [2.75, 3.05) is 13.1 Å². The first-order valence-electron chi connectivity index (χ1n) is 11.1. The molecule has 30 heavy (non-hydrogen) atoms. The van der Waals surface area contributed by atoms with Gasteiger partial charge in [-0.25, -0.2) is 0 Å². The molecule has 0 aromatic heterocycles. The Morgan fingerprint density at radius 1 is 0.833 bits per heavy atom. The highest BCUT2D eigenvalue weighted by Gasteiger charge is 2.31. The van der Waals surface area contributed by atoms with Crippen LogP contribution in [-0.2, 0) is 10.8 Å². The zero-order chi connectivity index (χ0) is 22.1. The van der Waals surface area contributed by atoms with Crippen molar-refractivity contribution in [2.24, 2.45) is 0 Å². The molecule has 1 fully saturated rings. The smallest absolute Gasteiger partial charge is 0.123 e. The van der Waals surface area contributed by atoms with E-state index in [4.69, 9.17) is 0 Å². The zero-order valence-corrected chi connectivity index (χ0v) is 19.4. The molecule has 3 heteroatoms. The van der Waals surface area contributed by atoms with Crippen molar-refractivity contribution in [3.05, 3.63) is 64.2 Å². The summed E-state index contributed by atoms with van der Waals surface area (Å²) in [6.07, 6.45) is 3.71. The van der Waals surface area contributed by atoms with Crippen molar-refractivity contribution in [2.45, 2.75) is 77.7 Å². The lowest BCUT2D eigenvalue weighted by Crippen LogP contribution is -2.34. The second-order valence-corrected chi connectivity index (χ2v) is 10.7. The summed E-state index contributed by atoms with van der Waals surface area (Å²) in [5.41, 5.74) is 4.82. The number of aromatic hydroxyl groups is 1. The van der Waals surface area contributed by atoms with Crippen LogP contribution >= 0.6 is 0 Å². The molecule has 1 N–H and O–H groups in total. The molecular formula is C27H36N2O. The predicted octanol–water partition coefficient (Wildman–Crippen LogP) is 6.43. The Morgan fingerprint density at radius 3 is 1.77 bits per heavy atom. The summed E-state index contributed by atoms with van der Waals surface area (Å²) in [7, 11) is 0. The molecule has 1 aliphatic rings. The molecule has 0 spiro atoms. The van der Waals surface area contributed by atoms with E-state index in [-0.39, 0.29) is 16.9 Å². The van der Waals surface area contributed by atoms with Gasteiger partial charge in [0, 0.05) is 0 Å². The highest BCUT2D eigenvalue weighted by Crippen LogP contribution is 2.43. The minimum atomic E-state index is -0.156. The van der Waals surface area contributed by atoms with Gasteiger partial charge >= 0.3 is 0 Å². The van der Waals surface area contributed by atoms with Crippen LogP contribution in [0.3, 0.4) is 0 Å². The summed E-state index contributed by atoms with van der Waals surface area (Å²) >= 11 is 0. The van der Waals surface area contributed by atoms with E-state index < -0.39 is 0 Å². The molecule has 1 saturated heterocycles. The van der Waals surface area contributed by atoms with Gasteiger partial charge in [0.15, 0.2) is 0 Å². The first kappa shape index (κ1) is 22.4. The Kier molecular flexibility index (Phi) is 6.29. The van der Waals surface area contributed by atoms with Gasteiger partial charge in [0.2, 0.25) is 0 Å². The Hall–Kier alpha value is -2.31. The monoisotopic (exact) mass is 404 g/mol. The zero-order valence-electron chi connectivity index (χ0n) is 19.4. The fourth-order valence-corrected chi connectivity index (χ4v) is 4.49. The molecule has 0 radical (unpaired) electrons. The number of rotatable bonds is 3. The molecule has 2 aromatic rings. The summed E-state index contributed by atoms with van der Waals surface area (Å²) in [6, 6.07) is 14.8. The third-order valence-corrected chi connectivity index (χ3v) is 6.18. The van der Waals surface area contributed by atoms with E-state index in [1.807, 2.05) is 12.1 Å². The minimum Gasteiger partial charge on any atom is -0.507 e. The molecule has 0 bridgehead atoms. The number of nitrogens with zero attached hydrogens (tertiary/aromatic N) is 2. The van der Waals surface area contributed by atoms with Gasteiger partial charge in [-0.05, 0) is 83.3 Å². The Morgan fingerprint density at radius 2 is 1.33 bits per heavy atom. The molecular weight excluding hydrogens is 368 g/mol. The van der Waals surface area contributed by atoms with E-state index in [9.17, 15) is 10.4 Å². The van der Waals surface area contributed by atoms with Gasteiger partial charge < -0.3 is 5.11 Å². The van der Waals surface area contributed by atoms with Crippen LogP contribution in [-0.4, -0.2) is 23.1 Å². The van der Waals surface area contributed by atoms with Gasteiger partial charge in [-0.15, -0.1) is 0 Å². The van der Waals surface area contributed by atoms with E-state index in [2.05, 4.69) is 76.8 Å². The summed E-state index contributed by atoms with van der Waals surface area (Å²) in [5.74, 6) is 0.427. The van der Waals surface area contributed by atoms with Gasteiger partial charge in [-0.2, -0.15) is 5.26 Å². The van der Waals surface area contributed by atoms with Crippen LogP contribution in [0.5, 0.6) is 5.75 Å². The summed E-state index contributed by atoms with van der Waals surface area (Å²) in [5, 5.41) is 20.4. The largest absolute Gasteiger partial charge is 0.507 e. The van der Waals surface area contributed by atoms with Gasteiger partial charge in [0.25, 0.3) is 0 Å². The van der Waals surface area contributed by atoms with Crippen molar-refractivity contribution >= 4 is 0 Å². The molecule has 3 rings (SSSR count). The van der Waals surface area contributed by atoms with Crippen molar-refractivity contribution in [1.29, 1.82) is 5.26 Å². The number of phenols is 1. The molecule has 0 amide bonds. The lowest BCUT2D eigenvalue weighted by atomic mass is 9.77. The topological polar surface area (TPSA) is 47.3 Å². The van der Waals surface area contributed by atoms with Crippen LogP contribution < -0.4 is 0 Å². The summed E-state index contributed by atoms with van der Waals surface area (Å²) in [6.45, 7) is 15.1. The van der Waals surface area contributed by atoms with Crippen LogP contribution in [0.15, 0.2) is 36.4 Å². The number of likely N-dealkylation sites (tertiary alicyclic amines) is 1. The first-order valence-corrected chi connectivity index (χ1v) is 11.1. The van der Waals surface area contributed by atoms with Crippen molar-refractivity contribution in [1.82, 2.24) is 4.90 Å². The van der Waals surface area contributed by atoms with E-state index in [0.717, 1.165) is 24.2 Å². The highest BCUT2D eigenvalue weighted by atomic mass is 16.3. The predicted molar refractivity (Wildman–Crippen MR) is 124 cm³/mol. The lowest BCUT2D eigenvalue weighted by molar-refractivity contribution is 0.187. The molecule has 160 valence electrons. The fraction of sp³-hybridized carbons (Fsp3) is 0.519. The van der Waals surface area contributed by atoms with Gasteiger partial charge in [-0.3, -0.25) is 4.90 Å². The third-order valence-electron chi connectivity index (χ3n) is 6.18. The van der Waals surface area contributed by atoms with E-state index in [1.165, 1.54) is 30.4 Å². The maximum Gasteiger partial charge on any atom is 0.123 e. The Labute approximate surface area is 182 Å². The minimum absolute atomic E-state index is 0.126.